The van der Waals surface area contributed by atoms with Crippen molar-refractivity contribution < 1.29 is 9.90 Å². The van der Waals surface area contributed by atoms with Gasteiger partial charge >= 0.3 is 5.97 Å². The van der Waals surface area contributed by atoms with Crippen molar-refractivity contribution in [3.05, 3.63) is 65.3 Å². The molecule has 0 saturated carbocycles. The van der Waals surface area contributed by atoms with E-state index in [1.54, 1.807) is 17.5 Å². The number of carbonyl (C=O) groups is 1. The topological polar surface area (TPSA) is 91.2 Å². The van der Waals surface area contributed by atoms with Crippen molar-refractivity contribution in [3.8, 4) is 0 Å². The summed E-state index contributed by atoms with van der Waals surface area (Å²) in [6.45, 7) is 4.85. The maximum absolute atomic E-state index is 11.4. The minimum absolute atomic E-state index is 0.0783. The van der Waals surface area contributed by atoms with Crippen LogP contribution in [-0.4, -0.2) is 26.7 Å². The van der Waals surface area contributed by atoms with E-state index >= 15 is 0 Å². The first kappa shape index (κ1) is 23.6. The van der Waals surface area contributed by atoms with Gasteiger partial charge in [-0.15, -0.1) is 11.3 Å². The largest absolute Gasteiger partial charge is 0.481 e. The lowest BCUT2D eigenvalue weighted by Gasteiger charge is -2.21. The van der Waals surface area contributed by atoms with E-state index in [0.717, 1.165) is 35.0 Å². The smallest absolute Gasteiger partial charge is 0.305 e. The van der Waals surface area contributed by atoms with Crippen molar-refractivity contribution in [3.63, 3.8) is 0 Å². The molecule has 2 aromatic heterocycles. The zero-order valence-corrected chi connectivity index (χ0v) is 20.6. The number of nitrogens with zero attached hydrogens (tertiary/aromatic N) is 2. The molecule has 4 N–H and O–H groups in total. The molecule has 0 spiro atoms. The quantitative estimate of drug-likeness (QED) is 0.201. The molecule has 4 aromatic rings. The van der Waals surface area contributed by atoms with Gasteiger partial charge in [0.25, 0.3) is 0 Å². The summed E-state index contributed by atoms with van der Waals surface area (Å²) < 4.78 is 2.16. The third-order valence-electron chi connectivity index (χ3n) is 5.89. The second kappa shape index (κ2) is 10.6. The number of hydrogen-bond donors (Lipinski definition) is 4. The van der Waals surface area contributed by atoms with Crippen LogP contribution in [0.2, 0.25) is 0 Å². The molecule has 0 aliphatic carbocycles. The molecule has 2 heterocycles. The molecule has 1 atom stereocenters. The van der Waals surface area contributed by atoms with Crippen molar-refractivity contribution in [2.24, 2.45) is 7.05 Å². The summed E-state index contributed by atoms with van der Waals surface area (Å²) in [6.07, 6.45) is 5.71. The number of aliphatic carboxylic acids is 1. The third kappa shape index (κ3) is 5.51. The molecule has 0 radical (unpaired) electrons. The number of benzene rings is 2. The maximum Gasteiger partial charge on any atom is 0.305 e. The summed E-state index contributed by atoms with van der Waals surface area (Å²) in [4.78, 5) is 15.7. The molecule has 8 heteroatoms. The normalized spacial score (nSPS) is 12.0. The Morgan fingerprint density at radius 3 is 2.82 bits per heavy atom. The average Bonchev–Trinajstić information content (AvgIpc) is 3.42. The highest BCUT2D eigenvalue weighted by Gasteiger charge is 2.16. The van der Waals surface area contributed by atoms with E-state index in [1.165, 1.54) is 22.0 Å². The van der Waals surface area contributed by atoms with Crippen molar-refractivity contribution in [2.45, 2.75) is 45.7 Å². The number of rotatable bonds is 11. The number of nitrogens with one attached hydrogen (secondary N) is 3. The van der Waals surface area contributed by atoms with Crippen LogP contribution >= 0.6 is 11.3 Å². The Balaban J connectivity index is 1.63. The summed E-state index contributed by atoms with van der Waals surface area (Å²) in [7, 11) is 2.07. The standard InChI is InChI=1S/C26H31N5O2S/c1-4-6-19(14-24(32)33)29-21-10-9-20(30-26-27-11-12-34-26)13-22(21)28-15-18-16-31(3)23-8-5-7-17(2)25(18)23/h5,7-13,16,19,28-29H,4,6,14-15H2,1-3H3,(H,27,30)(H,32,33). The van der Waals surface area contributed by atoms with E-state index in [2.05, 4.69) is 70.8 Å². The van der Waals surface area contributed by atoms with Gasteiger partial charge in [0.1, 0.15) is 0 Å². The molecule has 0 aliphatic heterocycles. The Labute approximate surface area is 203 Å². The highest BCUT2D eigenvalue weighted by atomic mass is 32.1. The van der Waals surface area contributed by atoms with E-state index < -0.39 is 5.97 Å². The molecule has 0 fully saturated rings. The molecule has 4 rings (SSSR count). The fraction of sp³-hybridized carbons (Fsp3) is 0.308. The van der Waals surface area contributed by atoms with E-state index in [-0.39, 0.29) is 12.5 Å². The van der Waals surface area contributed by atoms with E-state index in [0.29, 0.717) is 6.54 Å². The number of aromatic nitrogens is 2. The minimum atomic E-state index is -0.797. The summed E-state index contributed by atoms with van der Waals surface area (Å²) in [5.74, 6) is -0.797. The first-order valence-electron chi connectivity index (χ1n) is 11.5. The number of carboxylic acid groups (broad SMARTS) is 1. The number of thiazole rings is 1. The Kier molecular flexibility index (Phi) is 7.37. The zero-order valence-electron chi connectivity index (χ0n) is 19.8. The van der Waals surface area contributed by atoms with Crippen LogP contribution < -0.4 is 16.0 Å². The zero-order chi connectivity index (χ0) is 24.1. The van der Waals surface area contributed by atoms with Gasteiger partial charge in [0.2, 0.25) is 0 Å². The molecule has 0 saturated heterocycles. The van der Waals surface area contributed by atoms with E-state index in [4.69, 9.17) is 0 Å². The monoisotopic (exact) mass is 477 g/mol. The minimum Gasteiger partial charge on any atom is -0.481 e. The summed E-state index contributed by atoms with van der Waals surface area (Å²) in [5.41, 5.74) is 6.40. The van der Waals surface area contributed by atoms with Crippen LogP contribution in [0, 0.1) is 6.92 Å². The van der Waals surface area contributed by atoms with Crippen LogP contribution in [-0.2, 0) is 18.4 Å². The van der Waals surface area contributed by atoms with Gasteiger partial charge in [0.15, 0.2) is 5.13 Å². The second-order valence-electron chi connectivity index (χ2n) is 8.54. The van der Waals surface area contributed by atoms with Gasteiger partial charge in [0, 0.05) is 54.0 Å². The summed E-state index contributed by atoms with van der Waals surface area (Å²) in [6, 6.07) is 12.3. The molecule has 0 aliphatic rings. The number of anilines is 4. The lowest BCUT2D eigenvalue weighted by molar-refractivity contribution is -0.137. The van der Waals surface area contributed by atoms with Crippen molar-refractivity contribution in [1.82, 2.24) is 9.55 Å². The van der Waals surface area contributed by atoms with E-state index in [1.807, 2.05) is 23.6 Å². The molecule has 7 nitrogen and oxygen atoms in total. The molecule has 34 heavy (non-hydrogen) atoms. The van der Waals surface area contributed by atoms with Gasteiger partial charge < -0.3 is 25.6 Å². The molecular weight excluding hydrogens is 446 g/mol. The van der Waals surface area contributed by atoms with Gasteiger partial charge in [0.05, 0.1) is 17.8 Å². The van der Waals surface area contributed by atoms with Gasteiger partial charge in [-0.1, -0.05) is 25.5 Å². The Hall–Kier alpha value is -3.52. The lowest BCUT2D eigenvalue weighted by atomic mass is 10.1. The van der Waals surface area contributed by atoms with Crippen LogP contribution in [0.1, 0.15) is 37.3 Å². The second-order valence-corrected chi connectivity index (χ2v) is 9.43. The number of carboxylic acids is 1. The highest BCUT2D eigenvalue weighted by molar-refractivity contribution is 7.13. The Bertz CT molecular complexity index is 1270. The Morgan fingerprint density at radius 1 is 1.24 bits per heavy atom. The molecule has 1 unspecified atom stereocenters. The number of hydrogen-bond acceptors (Lipinski definition) is 6. The summed E-state index contributed by atoms with van der Waals surface area (Å²) >= 11 is 1.54. The fourth-order valence-corrected chi connectivity index (χ4v) is 4.91. The first-order chi connectivity index (χ1) is 16.4. The first-order valence-corrected chi connectivity index (χ1v) is 12.4. The molecule has 0 bridgehead atoms. The van der Waals surface area contributed by atoms with Gasteiger partial charge in [-0.3, -0.25) is 4.79 Å². The predicted molar refractivity (Wildman–Crippen MR) is 141 cm³/mol. The molecule has 0 amide bonds. The van der Waals surface area contributed by atoms with Crippen molar-refractivity contribution in [1.29, 1.82) is 0 Å². The Morgan fingerprint density at radius 2 is 2.09 bits per heavy atom. The maximum atomic E-state index is 11.4. The van der Waals surface area contributed by atoms with Crippen molar-refractivity contribution >= 4 is 50.4 Å². The lowest BCUT2D eigenvalue weighted by Crippen LogP contribution is -2.23. The number of fused-ring (bicyclic) bond motifs is 1. The fourth-order valence-electron chi connectivity index (χ4n) is 4.36. The van der Waals surface area contributed by atoms with Crippen LogP contribution in [0.4, 0.5) is 22.2 Å². The number of aryl methyl sites for hydroxylation is 2. The SMILES string of the molecule is CCCC(CC(=O)O)Nc1ccc(Nc2nccs2)cc1NCc1cn(C)c2cccc(C)c12. The van der Waals surface area contributed by atoms with Crippen LogP contribution in [0.3, 0.4) is 0 Å². The van der Waals surface area contributed by atoms with Crippen LogP contribution in [0.25, 0.3) is 10.9 Å². The molecule has 2 aromatic carbocycles. The van der Waals surface area contributed by atoms with E-state index in [9.17, 15) is 9.90 Å². The highest BCUT2D eigenvalue weighted by Crippen LogP contribution is 2.31. The predicted octanol–water partition coefficient (Wildman–Crippen LogP) is 6.35. The van der Waals surface area contributed by atoms with Crippen molar-refractivity contribution in [2.75, 3.05) is 16.0 Å². The van der Waals surface area contributed by atoms with Crippen LogP contribution in [0.15, 0.2) is 54.2 Å². The summed E-state index contributed by atoms with van der Waals surface area (Å²) in [5, 5.41) is 23.8. The van der Waals surface area contributed by atoms with Gasteiger partial charge in [-0.25, -0.2) is 4.98 Å². The van der Waals surface area contributed by atoms with Crippen LogP contribution in [0.5, 0.6) is 0 Å². The third-order valence-corrected chi connectivity index (χ3v) is 6.58. The molecular formula is C26H31N5O2S. The average molecular weight is 478 g/mol. The van der Waals surface area contributed by atoms with Gasteiger partial charge in [-0.2, -0.15) is 0 Å². The molecule has 178 valence electrons. The van der Waals surface area contributed by atoms with Gasteiger partial charge in [-0.05, 0) is 48.7 Å².